The molecular formula is C126H195N15O2S. The van der Waals surface area contributed by atoms with Crippen molar-refractivity contribution in [2.45, 2.75) is 342 Å². The molecular weight excluding hydrogens is 1790 g/mol. The molecule has 9 aliphatic rings. The fourth-order valence-corrected chi connectivity index (χ4v) is 23.1. The summed E-state index contributed by atoms with van der Waals surface area (Å²) in [6.45, 7) is 60.5. The maximum atomic E-state index is 11.9. The van der Waals surface area contributed by atoms with Gasteiger partial charge in [-0.3, -0.25) is 23.7 Å². The zero-order valence-electron chi connectivity index (χ0n) is 90.3. The second-order valence-electron chi connectivity index (χ2n) is 44.9. The fourth-order valence-electron chi connectivity index (χ4n) is 21.5. The summed E-state index contributed by atoms with van der Waals surface area (Å²) < 4.78 is 41.7. The standard InChI is InChI=1S/C13H18.C12H13N.2C11H14N2.C11H16N2.C11H21N.C11H17N.C11H15N.C11H13N.C10H20N2O2S.C9H14N2.5CH4/c1-10(2)12-8-7-11-5-3-4-6-13(11)9-12;1-9(2)11-4-3-10-5-6-13-8-12(10)7-11;1-8(2)9-4-5-11-10(6-9)7-13(3)12-11;1-8(2)9-4-5-11-10(6-9)7-12-13(11)3;1-8(2)10-4-5-13-11(7-10)6-9(3)12-13;1-8(2)9-4-10-6-12(3)7-11(10)5-9;3*1-9(2)10-5-7-12-6-3-4-11(12)8-10;1-8(2)9-4-5-12-10(6-9)7-11(3)15(12,13)14;1-7(2)8-6-10-11-5-3-4-9(8)11;;;;;/h3-6,10,12H,7-9H2,1-2H3;3-9H,1-2H3;2*4-8H,1-3H3;6-8H,4-5H2,1-3H3;8-11H,4-7H2,1-3H3;3-4,6,9-10H,5,7-8H2,1-2H3;3-4,6,8-9H,5,7H2,1-2H3;3-9H,1-2H3;8-10H,4-7H2,1-3H3;6-7H,3-5H2,1-2H3;5*1H4. The van der Waals surface area contributed by atoms with Crippen molar-refractivity contribution in [3.05, 3.63) is 274 Å². The Hall–Kier alpha value is -9.72. The molecule has 0 radical (unpaired) electrons. The Bertz CT molecular complexity index is 6150. The Morgan fingerprint density at radius 2 is 0.986 bits per heavy atom. The van der Waals surface area contributed by atoms with Gasteiger partial charge in [-0.05, 0) is 346 Å². The maximum Gasteiger partial charge on any atom is 0.282 e. The van der Waals surface area contributed by atoms with Gasteiger partial charge in [0.15, 0.2) is 0 Å². The van der Waals surface area contributed by atoms with Crippen molar-refractivity contribution in [3.8, 4) is 0 Å². The molecule has 4 fully saturated rings. The van der Waals surface area contributed by atoms with E-state index in [1.54, 1.807) is 33.6 Å². The number of piperidine rings is 1. The zero-order valence-corrected chi connectivity index (χ0v) is 91.1. The molecule has 2 aliphatic carbocycles. The van der Waals surface area contributed by atoms with Crippen LogP contribution in [0.4, 0.5) is 0 Å². The van der Waals surface area contributed by atoms with Crippen molar-refractivity contribution in [1.82, 2.24) is 71.2 Å². The minimum absolute atomic E-state index is 0. The molecule has 792 valence electrons. The molecule has 0 amide bonds. The van der Waals surface area contributed by atoms with E-state index in [4.69, 9.17) is 0 Å². The summed E-state index contributed by atoms with van der Waals surface area (Å²) in [5, 5.41) is 22.2. The predicted octanol–water partition coefficient (Wildman–Crippen LogP) is 31.8. The summed E-state index contributed by atoms with van der Waals surface area (Å²) in [5.74, 6) is 13.3. The van der Waals surface area contributed by atoms with E-state index < -0.39 is 10.2 Å². The normalized spacial score (nSPS) is 19.2. The first-order valence-corrected chi connectivity index (χ1v) is 54.7. The Balaban J connectivity index is 0.000000214. The molecule has 6 atom stereocenters. The number of aromatic nitrogens is 12. The number of nitrogens with zero attached hydrogens (tertiary/aromatic N) is 15. The minimum atomic E-state index is -3.11. The zero-order chi connectivity index (χ0) is 100. The van der Waals surface area contributed by atoms with Gasteiger partial charge in [-0.15, -0.1) is 0 Å². The number of fused-ring (bicyclic) bond motifs is 11. The van der Waals surface area contributed by atoms with Gasteiger partial charge in [0.05, 0.1) is 34.8 Å². The van der Waals surface area contributed by atoms with Gasteiger partial charge in [0.1, 0.15) is 0 Å². The van der Waals surface area contributed by atoms with Crippen LogP contribution in [0.15, 0.2) is 206 Å². The van der Waals surface area contributed by atoms with Crippen LogP contribution in [-0.4, -0.2) is 126 Å². The summed E-state index contributed by atoms with van der Waals surface area (Å²) in [6, 6.07) is 50.2. The third-order valence-corrected chi connectivity index (χ3v) is 33.0. The van der Waals surface area contributed by atoms with E-state index in [0.717, 1.165) is 97.5 Å². The molecule has 144 heavy (non-hydrogen) atoms. The van der Waals surface area contributed by atoms with E-state index >= 15 is 0 Å². The molecule has 9 aromatic heterocycles. The second-order valence-corrected chi connectivity index (χ2v) is 46.9. The maximum absolute atomic E-state index is 11.9. The molecule has 4 aromatic carbocycles. The smallest absolute Gasteiger partial charge is 0.282 e. The van der Waals surface area contributed by atoms with Crippen LogP contribution in [0, 0.1) is 77.9 Å². The highest BCUT2D eigenvalue weighted by Crippen LogP contribution is 2.44. The summed E-state index contributed by atoms with van der Waals surface area (Å²) in [4.78, 5) is 6.62. The molecule has 1 saturated carbocycles. The Morgan fingerprint density at radius 3 is 1.62 bits per heavy atom. The molecule has 7 aliphatic heterocycles. The summed E-state index contributed by atoms with van der Waals surface area (Å²) >= 11 is 0. The Labute approximate surface area is 875 Å². The SMILES string of the molecule is C.C.C.C.C.CC(C)C1=Cc2cccn2CC1.CC(C)C1CC2CN(C)CC2C1.CC(C)C1CCN2C(C1)CN(C)S2(=O)=O.CC(C)C1CCc2ccccc2C1.CC(C)C1CCn2cccc2C1.CC(C)c1ccc2c(cnn2C)c1.CC(C)c1ccc2ccncc2c1.CC(C)c1ccc2nn(C)cc2c1.CC(C)c1ccn2cccc2c1.CC(C)c1cnn2c1CCC2.Cc1cc2n(n1)CCC(C(C)C)=C2. The first-order chi connectivity index (χ1) is 66.2. The largest absolute Gasteiger partial charge is 0.351 e. The van der Waals surface area contributed by atoms with Gasteiger partial charge in [-0.2, -0.15) is 37.4 Å². The van der Waals surface area contributed by atoms with E-state index in [2.05, 4.69) is 389 Å². The molecule has 18 heteroatoms. The Kier molecular flexibility index (Phi) is 47.5. The topological polar surface area (TPSA) is 142 Å². The van der Waals surface area contributed by atoms with Crippen molar-refractivity contribution < 1.29 is 8.42 Å². The van der Waals surface area contributed by atoms with Crippen LogP contribution in [0.25, 0.3) is 50.2 Å². The van der Waals surface area contributed by atoms with Crippen LogP contribution in [0.5, 0.6) is 0 Å². The number of aryl methyl sites for hydroxylation is 8. The number of rotatable bonds is 11. The van der Waals surface area contributed by atoms with Gasteiger partial charge in [-0.1, -0.05) is 249 Å². The van der Waals surface area contributed by atoms with Crippen LogP contribution < -0.4 is 0 Å². The van der Waals surface area contributed by atoms with E-state index in [0.29, 0.717) is 66.4 Å². The van der Waals surface area contributed by atoms with Crippen molar-refractivity contribution >= 4 is 60.5 Å². The lowest BCUT2D eigenvalue weighted by atomic mass is 9.78. The van der Waals surface area contributed by atoms with Gasteiger partial charge in [-0.25, -0.2) is 0 Å². The van der Waals surface area contributed by atoms with E-state index in [1.165, 1.54) is 171 Å². The highest BCUT2D eigenvalue weighted by Gasteiger charge is 2.46. The number of likely N-dealkylation sites (tertiary alicyclic amines) is 1. The molecule has 13 aromatic rings. The Morgan fingerprint density at radius 1 is 0.410 bits per heavy atom. The number of benzene rings is 4. The average Bonchev–Trinajstić information content (AvgIpc) is 1.62. The highest BCUT2D eigenvalue weighted by atomic mass is 32.2. The fraction of sp³-hybridized carbons (Fsp3) is 0.563. The molecule has 0 N–H and O–H groups in total. The van der Waals surface area contributed by atoms with Gasteiger partial charge in [0.25, 0.3) is 10.2 Å². The monoisotopic (exact) mass is 1980 g/mol. The molecule has 17 nitrogen and oxygen atoms in total. The van der Waals surface area contributed by atoms with Crippen LogP contribution in [0.3, 0.4) is 0 Å². The molecule has 16 heterocycles. The third kappa shape index (κ3) is 32.9. The van der Waals surface area contributed by atoms with Crippen LogP contribution in [0.1, 0.15) is 344 Å². The van der Waals surface area contributed by atoms with E-state index in [9.17, 15) is 8.42 Å². The second kappa shape index (κ2) is 56.4. The quantitative estimate of drug-likeness (QED) is 0.125. The number of likely N-dealkylation sites (N-methyl/N-ethyl adjacent to an activating group) is 1. The van der Waals surface area contributed by atoms with Gasteiger partial charge < -0.3 is 18.4 Å². The minimum Gasteiger partial charge on any atom is -0.351 e. The van der Waals surface area contributed by atoms with Gasteiger partial charge in [0, 0.05) is 162 Å². The van der Waals surface area contributed by atoms with Crippen molar-refractivity contribution in [1.29, 1.82) is 0 Å². The average molecular weight is 1980 g/mol. The molecule has 0 bridgehead atoms. The van der Waals surface area contributed by atoms with Crippen LogP contribution in [0.2, 0.25) is 0 Å². The lowest BCUT2D eigenvalue weighted by Gasteiger charge is -2.34. The summed E-state index contributed by atoms with van der Waals surface area (Å²) in [6.07, 6.45) is 39.5. The number of allylic oxidation sites excluding steroid dienone is 2. The first-order valence-electron chi connectivity index (χ1n) is 53.3. The van der Waals surface area contributed by atoms with Crippen LogP contribution in [-0.2, 0) is 76.2 Å². The van der Waals surface area contributed by atoms with Crippen molar-refractivity contribution in [2.75, 3.05) is 40.3 Å². The lowest BCUT2D eigenvalue weighted by Crippen LogP contribution is -2.42. The van der Waals surface area contributed by atoms with Gasteiger partial charge in [0.2, 0.25) is 0 Å². The highest BCUT2D eigenvalue weighted by molar-refractivity contribution is 7.87. The number of pyridine rings is 2. The molecule has 0 spiro atoms. The molecule has 22 rings (SSSR count). The summed E-state index contributed by atoms with van der Waals surface area (Å²) in [5.41, 5.74) is 23.6. The van der Waals surface area contributed by atoms with Crippen molar-refractivity contribution in [2.24, 2.45) is 85.1 Å². The van der Waals surface area contributed by atoms with Crippen LogP contribution >= 0.6 is 0 Å². The van der Waals surface area contributed by atoms with E-state index in [-0.39, 0.29) is 43.2 Å². The van der Waals surface area contributed by atoms with Crippen molar-refractivity contribution in [3.63, 3.8) is 0 Å². The van der Waals surface area contributed by atoms with E-state index in [1.807, 2.05) is 61.2 Å². The number of hydrogen-bond donors (Lipinski definition) is 0. The summed E-state index contributed by atoms with van der Waals surface area (Å²) in [7, 11) is 4.76. The first kappa shape index (κ1) is 121. The third-order valence-electron chi connectivity index (χ3n) is 31.0. The van der Waals surface area contributed by atoms with Gasteiger partial charge >= 0.3 is 0 Å². The predicted molar refractivity (Wildman–Crippen MR) is 621 cm³/mol. The number of hydrogen-bond acceptors (Lipinski definition) is 8. The lowest BCUT2D eigenvalue weighted by molar-refractivity contribution is 0.178. The molecule has 3 saturated heterocycles. The molecule has 6 unspecified atom stereocenters.